The van der Waals surface area contributed by atoms with Crippen LogP contribution in [0.25, 0.3) is 10.9 Å². The number of para-hydroxylation sites is 1. The molecule has 4 aromatic rings. The number of aromatic amines is 1. The molecule has 3 aromatic carbocycles. The third-order valence-electron chi connectivity index (χ3n) is 4.86. The minimum Gasteiger partial charge on any atom is -0.493 e. The van der Waals surface area contributed by atoms with Crippen molar-refractivity contribution in [2.24, 2.45) is 5.10 Å². The first kappa shape index (κ1) is 21.6. The average Bonchev–Trinajstić information content (AvgIpc) is 2.83. The molecule has 0 fully saturated rings. The van der Waals surface area contributed by atoms with Crippen molar-refractivity contribution in [3.8, 4) is 11.5 Å². The van der Waals surface area contributed by atoms with E-state index in [0.717, 1.165) is 4.68 Å². The molecule has 0 aliphatic rings. The Labute approximate surface area is 187 Å². The summed E-state index contributed by atoms with van der Waals surface area (Å²) in [7, 11) is 1.48. The molecule has 0 aliphatic carbocycles. The Hall–Kier alpha value is -4.66. The van der Waals surface area contributed by atoms with E-state index in [1.54, 1.807) is 54.6 Å². The molecule has 0 atom stereocenters. The molecular weight excluding hydrogens is 426 g/mol. The second-order valence-electron chi connectivity index (χ2n) is 7.04. The van der Waals surface area contributed by atoms with Crippen molar-refractivity contribution in [3.05, 3.63) is 104 Å². The summed E-state index contributed by atoms with van der Waals surface area (Å²) in [5.41, 5.74) is 0.708. The van der Waals surface area contributed by atoms with E-state index >= 15 is 0 Å². The van der Waals surface area contributed by atoms with Gasteiger partial charge in [0.15, 0.2) is 11.5 Å². The smallest absolute Gasteiger partial charge is 0.349 e. The predicted octanol–water partition coefficient (Wildman–Crippen LogP) is 2.86. The Morgan fingerprint density at radius 3 is 2.67 bits per heavy atom. The number of aromatic carboxylic acids is 1. The van der Waals surface area contributed by atoms with Crippen LogP contribution in [0.2, 0.25) is 0 Å². The molecule has 166 valence electrons. The summed E-state index contributed by atoms with van der Waals surface area (Å²) in [5.74, 6) is -0.161. The zero-order valence-corrected chi connectivity index (χ0v) is 17.5. The van der Waals surface area contributed by atoms with Crippen molar-refractivity contribution < 1.29 is 19.4 Å². The van der Waals surface area contributed by atoms with E-state index in [4.69, 9.17) is 14.6 Å². The van der Waals surface area contributed by atoms with Crippen LogP contribution < -0.4 is 20.7 Å². The Kier molecular flexibility index (Phi) is 6.03. The molecule has 0 spiro atoms. The van der Waals surface area contributed by atoms with Crippen molar-refractivity contribution in [2.45, 2.75) is 6.61 Å². The molecule has 1 aromatic heterocycles. The Morgan fingerprint density at radius 1 is 1.06 bits per heavy atom. The fourth-order valence-corrected chi connectivity index (χ4v) is 3.22. The first-order chi connectivity index (χ1) is 16.0. The number of H-pyrrole nitrogens is 1. The van der Waals surface area contributed by atoms with Crippen molar-refractivity contribution in [2.75, 3.05) is 7.11 Å². The summed E-state index contributed by atoms with van der Waals surface area (Å²) < 4.78 is 11.9. The maximum absolute atomic E-state index is 12.6. The third kappa shape index (κ3) is 4.67. The van der Waals surface area contributed by atoms with E-state index in [2.05, 4.69) is 10.1 Å². The molecule has 0 saturated heterocycles. The number of carboxylic acids is 1. The molecule has 9 nitrogen and oxygen atoms in total. The SMILES string of the molecule is COc1cc(C=Nn2c(=O)[nH]c3ccccc3c2=O)ccc1OCc1cccc(C(=O)O)c1. The van der Waals surface area contributed by atoms with Crippen LogP contribution in [0.4, 0.5) is 0 Å². The molecule has 0 radical (unpaired) electrons. The van der Waals surface area contributed by atoms with Gasteiger partial charge in [-0.1, -0.05) is 24.3 Å². The number of carbonyl (C=O) groups is 1. The first-order valence-electron chi connectivity index (χ1n) is 9.88. The number of carboxylic acid groups (broad SMARTS) is 1. The van der Waals surface area contributed by atoms with E-state index in [9.17, 15) is 14.4 Å². The maximum Gasteiger partial charge on any atom is 0.349 e. The number of nitrogens with zero attached hydrogens (tertiary/aromatic N) is 2. The molecule has 0 saturated carbocycles. The van der Waals surface area contributed by atoms with Crippen LogP contribution in [0.5, 0.6) is 11.5 Å². The number of methoxy groups -OCH3 is 1. The van der Waals surface area contributed by atoms with Crippen molar-refractivity contribution >= 4 is 23.1 Å². The van der Waals surface area contributed by atoms with Gasteiger partial charge < -0.3 is 19.6 Å². The number of rotatable bonds is 7. The molecule has 1 heterocycles. The van der Waals surface area contributed by atoms with Crippen molar-refractivity contribution in [3.63, 3.8) is 0 Å². The zero-order valence-electron chi connectivity index (χ0n) is 17.5. The largest absolute Gasteiger partial charge is 0.493 e. The van der Waals surface area contributed by atoms with Crippen LogP contribution in [-0.4, -0.2) is 34.1 Å². The molecule has 0 unspecified atom stereocenters. The summed E-state index contributed by atoms with van der Waals surface area (Å²) in [5, 5.41) is 13.5. The number of benzene rings is 3. The Bertz CT molecular complexity index is 1490. The van der Waals surface area contributed by atoms with Gasteiger partial charge >= 0.3 is 11.7 Å². The number of nitrogens with one attached hydrogen (secondary N) is 1. The van der Waals surface area contributed by atoms with Crippen molar-refractivity contribution in [1.29, 1.82) is 0 Å². The molecule has 2 N–H and O–H groups in total. The van der Waals surface area contributed by atoms with Gasteiger partial charge in [-0.3, -0.25) is 4.79 Å². The third-order valence-corrected chi connectivity index (χ3v) is 4.86. The quantitative estimate of drug-likeness (QED) is 0.422. The second kappa shape index (κ2) is 9.23. The van der Waals surface area contributed by atoms with Crippen LogP contribution in [0.3, 0.4) is 0 Å². The summed E-state index contributed by atoms with van der Waals surface area (Å²) in [6.07, 6.45) is 1.37. The Balaban J connectivity index is 1.56. The van der Waals surface area contributed by atoms with Gasteiger partial charge in [-0.2, -0.15) is 5.10 Å². The summed E-state index contributed by atoms with van der Waals surface area (Å²) >= 11 is 0. The highest BCUT2D eigenvalue weighted by Gasteiger charge is 2.09. The van der Waals surface area contributed by atoms with Crippen molar-refractivity contribution in [1.82, 2.24) is 9.66 Å². The highest BCUT2D eigenvalue weighted by molar-refractivity contribution is 5.87. The predicted molar refractivity (Wildman–Crippen MR) is 123 cm³/mol. The van der Waals surface area contributed by atoms with Crippen LogP contribution in [0.15, 0.2) is 81.4 Å². The lowest BCUT2D eigenvalue weighted by atomic mass is 10.1. The zero-order chi connectivity index (χ0) is 23.4. The van der Waals surface area contributed by atoms with E-state index in [1.165, 1.54) is 25.5 Å². The van der Waals surface area contributed by atoms with Gasteiger partial charge in [0.25, 0.3) is 5.56 Å². The van der Waals surface area contributed by atoms with Crippen LogP contribution in [0, 0.1) is 0 Å². The van der Waals surface area contributed by atoms with E-state index in [0.29, 0.717) is 33.5 Å². The number of ether oxygens (including phenoxy) is 2. The monoisotopic (exact) mass is 445 g/mol. The summed E-state index contributed by atoms with van der Waals surface area (Å²) in [4.78, 5) is 38.6. The normalized spacial score (nSPS) is 11.1. The second-order valence-corrected chi connectivity index (χ2v) is 7.04. The lowest BCUT2D eigenvalue weighted by Crippen LogP contribution is -2.32. The molecular formula is C24H19N3O6. The fourth-order valence-electron chi connectivity index (χ4n) is 3.22. The summed E-state index contributed by atoms with van der Waals surface area (Å²) in [6, 6.07) is 18.1. The maximum atomic E-state index is 12.6. The molecule has 33 heavy (non-hydrogen) atoms. The molecule has 0 aliphatic heterocycles. The fraction of sp³-hybridized carbons (Fsp3) is 0.0833. The van der Waals surface area contributed by atoms with Crippen LogP contribution in [-0.2, 0) is 6.61 Å². The minimum absolute atomic E-state index is 0.146. The highest BCUT2D eigenvalue weighted by atomic mass is 16.5. The molecule has 9 heteroatoms. The Morgan fingerprint density at radius 2 is 1.88 bits per heavy atom. The van der Waals surface area contributed by atoms with Gasteiger partial charge in [-0.25, -0.2) is 9.59 Å². The lowest BCUT2D eigenvalue weighted by molar-refractivity contribution is 0.0696. The molecule has 0 amide bonds. The standard InChI is InChI=1S/C24H19N3O6/c1-32-21-12-15(9-10-20(21)33-14-16-5-4-6-17(11-16)23(29)30)13-25-27-22(28)18-7-2-3-8-19(18)26-24(27)31/h2-13H,14H2,1H3,(H,26,31)(H,29,30). The first-order valence-corrected chi connectivity index (χ1v) is 9.88. The van der Waals surface area contributed by atoms with Crippen LogP contribution >= 0.6 is 0 Å². The van der Waals surface area contributed by atoms with Gasteiger partial charge in [0.1, 0.15) is 6.61 Å². The van der Waals surface area contributed by atoms with Gasteiger partial charge in [0.05, 0.1) is 29.8 Å². The van der Waals surface area contributed by atoms with Gasteiger partial charge in [-0.15, -0.1) is 4.68 Å². The van der Waals surface area contributed by atoms with Gasteiger partial charge in [0.2, 0.25) is 0 Å². The lowest BCUT2D eigenvalue weighted by Gasteiger charge is -2.11. The molecule has 4 rings (SSSR count). The number of aromatic nitrogens is 2. The minimum atomic E-state index is -1.01. The van der Waals surface area contributed by atoms with E-state index < -0.39 is 17.2 Å². The van der Waals surface area contributed by atoms with E-state index in [-0.39, 0.29) is 12.2 Å². The topological polar surface area (TPSA) is 123 Å². The van der Waals surface area contributed by atoms with Gasteiger partial charge in [0, 0.05) is 0 Å². The van der Waals surface area contributed by atoms with E-state index in [1.807, 2.05) is 0 Å². The summed E-state index contributed by atoms with van der Waals surface area (Å²) in [6.45, 7) is 0.146. The average molecular weight is 445 g/mol. The molecule has 0 bridgehead atoms. The highest BCUT2D eigenvalue weighted by Crippen LogP contribution is 2.28. The van der Waals surface area contributed by atoms with Crippen LogP contribution in [0.1, 0.15) is 21.5 Å². The van der Waals surface area contributed by atoms with Gasteiger partial charge in [-0.05, 0) is 53.6 Å². The number of fused-ring (bicyclic) bond motifs is 1. The number of hydrogen-bond acceptors (Lipinski definition) is 6. The number of hydrogen-bond donors (Lipinski definition) is 2.